The van der Waals surface area contributed by atoms with Crippen LogP contribution in [0.2, 0.25) is 0 Å². The van der Waals surface area contributed by atoms with Crippen molar-refractivity contribution < 1.29 is 17.9 Å². The third-order valence-electron chi connectivity index (χ3n) is 4.36. The average Bonchev–Trinajstić information content (AvgIpc) is 2.97. The molecule has 0 amide bonds. The minimum atomic E-state index is -3.36. The van der Waals surface area contributed by atoms with Crippen LogP contribution in [0.4, 0.5) is 5.69 Å². The fraction of sp³-hybridized carbons (Fsp3) is 0.471. The van der Waals surface area contributed by atoms with Crippen LogP contribution < -0.4 is 4.31 Å². The number of benzene rings is 1. The number of carbonyl (C=O) groups excluding carboxylic acids is 1. The summed E-state index contributed by atoms with van der Waals surface area (Å²) in [6.07, 6.45) is 4.15. The standard InChI is InChI=1S/C17H22N2O4S/c1-3-12-11-18-16-14(12)9-13(17(20)23-4-2)10-15(16)19-7-5-6-8-24(19,21)22/h9-11,18H,3-8H2,1-2H3. The lowest BCUT2D eigenvalue weighted by molar-refractivity contribution is 0.0526. The van der Waals surface area contributed by atoms with Crippen molar-refractivity contribution in [1.29, 1.82) is 0 Å². The molecule has 0 spiro atoms. The van der Waals surface area contributed by atoms with E-state index in [2.05, 4.69) is 4.98 Å². The Morgan fingerprint density at radius 1 is 1.29 bits per heavy atom. The predicted octanol–water partition coefficient (Wildman–Crippen LogP) is 2.84. The highest BCUT2D eigenvalue weighted by atomic mass is 32.2. The molecule has 2 heterocycles. The molecule has 1 aromatic carbocycles. The van der Waals surface area contributed by atoms with Gasteiger partial charge in [0, 0.05) is 18.1 Å². The molecular formula is C17H22N2O4S. The predicted molar refractivity (Wildman–Crippen MR) is 94.0 cm³/mol. The maximum Gasteiger partial charge on any atom is 0.338 e. The Kier molecular flexibility index (Phi) is 4.54. The minimum Gasteiger partial charge on any atom is -0.462 e. The Morgan fingerprint density at radius 2 is 2.08 bits per heavy atom. The van der Waals surface area contributed by atoms with Crippen LogP contribution in [0.5, 0.6) is 0 Å². The molecule has 0 unspecified atom stereocenters. The van der Waals surface area contributed by atoms with E-state index in [-0.39, 0.29) is 12.4 Å². The van der Waals surface area contributed by atoms with Crippen molar-refractivity contribution in [3.8, 4) is 0 Å². The van der Waals surface area contributed by atoms with Crippen molar-refractivity contribution in [1.82, 2.24) is 4.98 Å². The van der Waals surface area contributed by atoms with Gasteiger partial charge in [-0.1, -0.05) is 6.92 Å². The van der Waals surface area contributed by atoms with E-state index in [1.54, 1.807) is 19.1 Å². The summed E-state index contributed by atoms with van der Waals surface area (Å²) in [5.74, 6) is -0.294. The summed E-state index contributed by atoms with van der Waals surface area (Å²) in [5.41, 5.74) is 2.72. The van der Waals surface area contributed by atoms with Crippen molar-refractivity contribution in [2.24, 2.45) is 0 Å². The first-order valence-electron chi connectivity index (χ1n) is 8.29. The number of esters is 1. The summed E-state index contributed by atoms with van der Waals surface area (Å²) in [7, 11) is -3.36. The highest BCUT2D eigenvalue weighted by molar-refractivity contribution is 7.92. The van der Waals surface area contributed by atoms with E-state index in [0.29, 0.717) is 24.2 Å². The molecule has 0 saturated carbocycles. The van der Waals surface area contributed by atoms with Gasteiger partial charge in [0.2, 0.25) is 10.0 Å². The SMILES string of the molecule is CCOC(=O)c1cc(N2CCCCS2(=O)=O)c2[nH]cc(CC)c2c1. The summed E-state index contributed by atoms with van der Waals surface area (Å²) in [4.78, 5) is 15.4. The Morgan fingerprint density at radius 3 is 2.75 bits per heavy atom. The first-order valence-corrected chi connectivity index (χ1v) is 9.90. The third-order valence-corrected chi connectivity index (χ3v) is 6.22. The van der Waals surface area contributed by atoms with Crippen LogP contribution in [0.25, 0.3) is 10.9 Å². The number of sulfonamides is 1. The van der Waals surface area contributed by atoms with Crippen LogP contribution in [0, 0.1) is 0 Å². The average molecular weight is 350 g/mol. The molecular weight excluding hydrogens is 328 g/mol. The second kappa shape index (κ2) is 6.47. The second-order valence-corrected chi connectivity index (χ2v) is 7.91. The summed E-state index contributed by atoms with van der Waals surface area (Å²) in [6.45, 7) is 4.49. The van der Waals surface area contributed by atoms with Crippen molar-refractivity contribution in [2.45, 2.75) is 33.1 Å². The maximum absolute atomic E-state index is 12.5. The van der Waals surface area contributed by atoms with Gasteiger partial charge in [-0.25, -0.2) is 13.2 Å². The van der Waals surface area contributed by atoms with E-state index >= 15 is 0 Å². The number of nitrogens with one attached hydrogen (secondary N) is 1. The Labute approximate surface area is 141 Å². The van der Waals surface area contributed by atoms with Crippen molar-refractivity contribution in [3.63, 3.8) is 0 Å². The van der Waals surface area contributed by atoms with Crippen LogP contribution in [0.3, 0.4) is 0 Å². The zero-order chi connectivity index (χ0) is 17.3. The summed E-state index contributed by atoms with van der Waals surface area (Å²) in [5, 5.41) is 0.874. The van der Waals surface area contributed by atoms with Gasteiger partial charge in [0.25, 0.3) is 0 Å². The van der Waals surface area contributed by atoms with E-state index in [0.717, 1.165) is 29.3 Å². The van der Waals surface area contributed by atoms with Gasteiger partial charge in [0.05, 0.1) is 29.1 Å². The molecule has 2 aromatic rings. The molecule has 1 aromatic heterocycles. The number of rotatable bonds is 4. The van der Waals surface area contributed by atoms with E-state index in [1.807, 2.05) is 13.1 Å². The molecule has 1 N–H and O–H groups in total. The van der Waals surface area contributed by atoms with Crippen molar-refractivity contribution >= 4 is 32.6 Å². The number of aromatic amines is 1. The summed E-state index contributed by atoms with van der Waals surface area (Å²) >= 11 is 0. The first-order chi connectivity index (χ1) is 11.5. The van der Waals surface area contributed by atoms with Gasteiger partial charge in [-0.15, -0.1) is 0 Å². The first kappa shape index (κ1) is 16.8. The summed E-state index contributed by atoms with van der Waals surface area (Å²) in [6, 6.07) is 3.40. The fourth-order valence-corrected chi connectivity index (χ4v) is 4.79. The Bertz CT molecular complexity index is 870. The van der Waals surface area contributed by atoms with Gasteiger partial charge in [0.1, 0.15) is 0 Å². The number of hydrogen-bond donors (Lipinski definition) is 1. The maximum atomic E-state index is 12.5. The molecule has 3 rings (SSSR count). The third kappa shape index (κ3) is 2.88. The molecule has 6 nitrogen and oxygen atoms in total. The Balaban J connectivity index is 2.21. The fourth-order valence-electron chi connectivity index (χ4n) is 3.15. The smallest absolute Gasteiger partial charge is 0.338 e. The zero-order valence-electron chi connectivity index (χ0n) is 14.0. The highest BCUT2D eigenvalue weighted by Crippen LogP contribution is 2.34. The van der Waals surface area contributed by atoms with Crippen LogP contribution in [-0.2, 0) is 21.2 Å². The minimum absolute atomic E-state index is 0.138. The van der Waals surface area contributed by atoms with E-state index in [4.69, 9.17) is 4.74 Å². The van der Waals surface area contributed by atoms with Gasteiger partial charge in [-0.3, -0.25) is 4.31 Å². The normalized spacial score (nSPS) is 17.2. The van der Waals surface area contributed by atoms with Gasteiger partial charge in [0.15, 0.2) is 0 Å². The number of anilines is 1. The van der Waals surface area contributed by atoms with Crippen LogP contribution in [-0.4, -0.2) is 38.3 Å². The number of ether oxygens (including phenoxy) is 1. The monoisotopic (exact) mass is 350 g/mol. The Hall–Kier alpha value is -2.02. The highest BCUT2D eigenvalue weighted by Gasteiger charge is 2.29. The molecule has 24 heavy (non-hydrogen) atoms. The largest absolute Gasteiger partial charge is 0.462 e. The molecule has 7 heteroatoms. The van der Waals surface area contributed by atoms with Gasteiger partial charge in [-0.05, 0) is 43.9 Å². The lowest BCUT2D eigenvalue weighted by Gasteiger charge is -2.29. The molecule has 0 radical (unpaired) electrons. The number of nitrogens with zero attached hydrogens (tertiary/aromatic N) is 1. The van der Waals surface area contributed by atoms with Gasteiger partial charge >= 0.3 is 5.97 Å². The molecule has 130 valence electrons. The van der Waals surface area contributed by atoms with Crippen molar-refractivity contribution in [3.05, 3.63) is 29.5 Å². The number of carbonyl (C=O) groups is 1. The number of aromatic nitrogens is 1. The lowest BCUT2D eigenvalue weighted by Crippen LogP contribution is -2.38. The number of fused-ring (bicyclic) bond motifs is 1. The molecule has 0 bridgehead atoms. The van der Waals surface area contributed by atoms with Gasteiger partial charge < -0.3 is 9.72 Å². The molecule has 1 aliphatic rings. The number of aryl methyl sites for hydroxylation is 1. The van der Waals surface area contributed by atoms with Gasteiger partial charge in [-0.2, -0.15) is 0 Å². The number of H-pyrrole nitrogens is 1. The van der Waals surface area contributed by atoms with Crippen LogP contribution in [0.15, 0.2) is 18.3 Å². The molecule has 0 atom stereocenters. The zero-order valence-corrected chi connectivity index (χ0v) is 14.8. The quantitative estimate of drug-likeness (QED) is 0.860. The molecule has 1 saturated heterocycles. The molecule has 1 aliphatic heterocycles. The van der Waals surface area contributed by atoms with Crippen molar-refractivity contribution in [2.75, 3.05) is 23.2 Å². The second-order valence-electron chi connectivity index (χ2n) is 5.90. The summed E-state index contributed by atoms with van der Waals surface area (Å²) < 4.78 is 31.5. The van der Waals surface area contributed by atoms with E-state index < -0.39 is 16.0 Å². The van der Waals surface area contributed by atoms with Crippen LogP contribution >= 0.6 is 0 Å². The number of hydrogen-bond acceptors (Lipinski definition) is 4. The van der Waals surface area contributed by atoms with E-state index in [9.17, 15) is 13.2 Å². The molecule has 0 aliphatic carbocycles. The van der Waals surface area contributed by atoms with E-state index in [1.165, 1.54) is 4.31 Å². The molecule has 1 fully saturated rings. The van der Waals surface area contributed by atoms with Crippen LogP contribution in [0.1, 0.15) is 42.6 Å². The topological polar surface area (TPSA) is 79.5 Å². The lowest BCUT2D eigenvalue weighted by atomic mass is 10.1.